The molecule has 0 aliphatic heterocycles. The van der Waals surface area contributed by atoms with Crippen molar-refractivity contribution in [3.63, 3.8) is 0 Å². The monoisotopic (exact) mass is 260 g/mol. The third-order valence-electron chi connectivity index (χ3n) is 2.32. The largest absolute Gasteiger partial charge is 0.370 e. The molecule has 0 aliphatic rings. The number of fused-ring (bicyclic) bond motifs is 2. The summed E-state index contributed by atoms with van der Waals surface area (Å²) in [5.74, 6) is -0.105. The van der Waals surface area contributed by atoms with E-state index >= 15 is 0 Å². The van der Waals surface area contributed by atoms with Gasteiger partial charge in [0, 0.05) is 0 Å². The predicted molar refractivity (Wildman–Crippen MR) is 70.1 cm³/mol. The van der Waals surface area contributed by atoms with Crippen LogP contribution in [-0.4, -0.2) is 20.6 Å². The van der Waals surface area contributed by atoms with Crippen LogP contribution in [0.25, 0.3) is 15.9 Å². The van der Waals surface area contributed by atoms with Gasteiger partial charge < -0.3 is 11.5 Å². The van der Waals surface area contributed by atoms with Gasteiger partial charge in [-0.1, -0.05) is 23.5 Å². The van der Waals surface area contributed by atoms with E-state index in [4.69, 9.17) is 11.5 Å². The number of rotatable bonds is 1. The van der Waals surface area contributed by atoms with E-state index in [0.29, 0.717) is 21.0 Å². The molecule has 4 N–H and O–H groups in total. The topological polar surface area (TPSA) is 112 Å². The van der Waals surface area contributed by atoms with Crippen LogP contribution in [0.2, 0.25) is 0 Å². The van der Waals surface area contributed by atoms with Gasteiger partial charge in [-0.3, -0.25) is 4.79 Å². The second-order valence-electron chi connectivity index (χ2n) is 3.55. The molecule has 0 atom stereocenters. The highest BCUT2D eigenvalue weighted by atomic mass is 32.1. The van der Waals surface area contributed by atoms with E-state index in [1.807, 2.05) is 6.07 Å². The molecule has 0 spiro atoms. The maximum Gasteiger partial charge on any atom is 0.283 e. The second kappa shape index (κ2) is 3.77. The molecule has 0 aliphatic carbocycles. The summed E-state index contributed by atoms with van der Waals surface area (Å²) in [5, 5.41) is 4.83. The first kappa shape index (κ1) is 10.7. The Labute approximate surface area is 104 Å². The first-order chi connectivity index (χ1) is 8.65. The fourth-order valence-corrected chi connectivity index (χ4v) is 2.39. The van der Waals surface area contributed by atoms with Gasteiger partial charge in [0.25, 0.3) is 5.56 Å². The van der Waals surface area contributed by atoms with Crippen molar-refractivity contribution in [3.8, 4) is 0 Å². The fraction of sp³-hybridized carbons (Fsp3) is 0. The van der Waals surface area contributed by atoms with Crippen LogP contribution in [-0.2, 0) is 0 Å². The molecular formula is C10H8N6OS. The lowest BCUT2D eigenvalue weighted by molar-refractivity contribution is 0.914. The van der Waals surface area contributed by atoms with Gasteiger partial charge in [-0.15, -0.1) is 5.10 Å². The van der Waals surface area contributed by atoms with Crippen LogP contribution in [0.15, 0.2) is 34.1 Å². The zero-order valence-corrected chi connectivity index (χ0v) is 9.89. The van der Waals surface area contributed by atoms with Crippen LogP contribution >= 0.6 is 11.3 Å². The molecule has 0 unspecified atom stereocenters. The molecule has 18 heavy (non-hydrogen) atoms. The van der Waals surface area contributed by atoms with Crippen molar-refractivity contribution in [2.45, 2.75) is 0 Å². The van der Waals surface area contributed by atoms with Crippen molar-refractivity contribution in [2.75, 3.05) is 0 Å². The quantitative estimate of drug-likeness (QED) is 0.480. The van der Waals surface area contributed by atoms with Crippen LogP contribution in [0.4, 0.5) is 5.13 Å². The highest BCUT2D eigenvalue weighted by molar-refractivity contribution is 7.20. The van der Waals surface area contributed by atoms with E-state index in [2.05, 4.69) is 15.1 Å². The average Bonchev–Trinajstić information content (AvgIpc) is 2.71. The molecule has 3 rings (SSSR count). The average molecular weight is 260 g/mol. The van der Waals surface area contributed by atoms with E-state index in [-0.39, 0.29) is 11.5 Å². The number of benzene rings is 1. The lowest BCUT2D eigenvalue weighted by atomic mass is 10.2. The molecule has 1 aromatic carbocycles. The van der Waals surface area contributed by atoms with Gasteiger partial charge >= 0.3 is 0 Å². The molecule has 0 radical (unpaired) electrons. The zero-order chi connectivity index (χ0) is 12.7. The van der Waals surface area contributed by atoms with E-state index in [9.17, 15) is 4.79 Å². The number of hydrogen-bond donors (Lipinski definition) is 2. The minimum atomic E-state index is -0.233. The van der Waals surface area contributed by atoms with Crippen molar-refractivity contribution < 1.29 is 0 Å². The molecule has 7 nitrogen and oxygen atoms in total. The van der Waals surface area contributed by atoms with Crippen molar-refractivity contribution in [1.29, 1.82) is 0 Å². The Bertz CT molecular complexity index is 829. The second-order valence-corrected chi connectivity index (χ2v) is 4.48. The third-order valence-corrected chi connectivity index (χ3v) is 3.12. The molecule has 0 saturated heterocycles. The molecule has 2 heterocycles. The molecule has 3 aromatic rings. The highest BCUT2D eigenvalue weighted by Gasteiger charge is 2.09. The van der Waals surface area contributed by atoms with Crippen LogP contribution in [0.3, 0.4) is 0 Å². The fourth-order valence-electron chi connectivity index (χ4n) is 1.60. The summed E-state index contributed by atoms with van der Waals surface area (Å²) < 4.78 is 1.20. The number of aromatic nitrogens is 3. The Balaban J connectivity index is 2.40. The summed E-state index contributed by atoms with van der Waals surface area (Å²) in [5.41, 5.74) is 10.9. The van der Waals surface area contributed by atoms with Crippen LogP contribution in [0, 0.1) is 0 Å². The molecule has 0 amide bonds. The standard InChI is InChI=1S/C10H8N6OS/c11-8(12)14-9-15-16-7(17)5-3-1-2-4-6(5)13-10(16)18-9/h1-4H,(H4,11,12,14,15). The number of para-hydroxylation sites is 1. The van der Waals surface area contributed by atoms with Crippen LogP contribution in [0.1, 0.15) is 0 Å². The van der Waals surface area contributed by atoms with E-state index in [1.165, 1.54) is 4.52 Å². The summed E-state index contributed by atoms with van der Waals surface area (Å²) in [4.78, 5) is 20.7. The lowest BCUT2D eigenvalue weighted by Crippen LogP contribution is -2.22. The van der Waals surface area contributed by atoms with Crippen molar-refractivity contribution in [3.05, 3.63) is 34.6 Å². The molecule has 0 fully saturated rings. The van der Waals surface area contributed by atoms with Gasteiger partial charge in [-0.25, -0.2) is 4.98 Å². The van der Waals surface area contributed by atoms with Gasteiger partial charge in [0.05, 0.1) is 10.9 Å². The first-order valence-corrected chi connectivity index (χ1v) is 5.85. The van der Waals surface area contributed by atoms with Crippen LogP contribution < -0.4 is 17.0 Å². The summed E-state index contributed by atoms with van der Waals surface area (Å²) in [6, 6.07) is 7.08. The molecule has 2 aromatic heterocycles. The first-order valence-electron chi connectivity index (χ1n) is 5.03. The van der Waals surface area contributed by atoms with Gasteiger partial charge in [-0.2, -0.15) is 9.51 Å². The maximum atomic E-state index is 12.1. The summed E-state index contributed by atoms with van der Waals surface area (Å²) in [6.45, 7) is 0. The van der Waals surface area contributed by atoms with Crippen molar-refractivity contribution in [1.82, 2.24) is 14.6 Å². The highest BCUT2D eigenvalue weighted by Crippen LogP contribution is 2.20. The summed E-state index contributed by atoms with van der Waals surface area (Å²) >= 11 is 1.15. The minimum absolute atomic E-state index is 0.105. The Morgan fingerprint density at radius 2 is 2.11 bits per heavy atom. The minimum Gasteiger partial charge on any atom is -0.370 e. The van der Waals surface area contributed by atoms with Crippen LogP contribution in [0.5, 0.6) is 0 Å². The maximum absolute atomic E-state index is 12.1. The van der Waals surface area contributed by atoms with Gasteiger partial charge in [-0.05, 0) is 12.1 Å². The van der Waals surface area contributed by atoms with E-state index < -0.39 is 0 Å². The molecular weight excluding hydrogens is 252 g/mol. The Morgan fingerprint density at radius 1 is 1.33 bits per heavy atom. The molecule has 90 valence electrons. The summed E-state index contributed by atoms with van der Waals surface area (Å²) in [7, 11) is 0. The number of aliphatic imine (C=N–C) groups is 1. The SMILES string of the molecule is NC(N)=Nc1nn2c(=O)c3ccccc3nc2s1. The van der Waals surface area contributed by atoms with E-state index in [1.54, 1.807) is 18.2 Å². The van der Waals surface area contributed by atoms with Gasteiger partial charge in [0.15, 0.2) is 5.96 Å². The zero-order valence-electron chi connectivity index (χ0n) is 9.07. The molecule has 8 heteroatoms. The Hall–Kier alpha value is -2.48. The van der Waals surface area contributed by atoms with Gasteiger partial charge in [0.2, 0.25) is 10.1 Å². The number of guanidine groups is 1. The number of hydrogen-bond acceptors (Lipinski definition) is 5. The number of nitrogens with two attached hydrogens (primary N) is 2. The van der Waals surface area contributed by atoms with Gasteiger partial charge in [0.1, 0.15) is 0 Å². The smallest absolute Gasteiger partial charge is 0.283 e. The van der Waals surface area contributed by atoms with Crippen molar-refractivity contribution in [2.24, 2.45) is 16.5 Å². The normalized spacial score (nSPS) is 10.9. The van der Waals surface area contributed by atoms with Crippen molar-refractivity contribution >= 4 is 38.3 Å². The molecule has 0 saturated carbocycles. The predicted octanol–water partition coefficient (Wildman–Crippen LogP) is 0.209. The summed E-state index contributed by atoms with van der Waals surface area (Å²) in [6.07, 6.45) is 0. The molecule has 0 bridgehead atoms. The van der Waals surface area contributed by atoms with E-state index in [0.717, 1.165) is 11.3 Å². The number of nitrogens with zero attached hydrogens (tertiary/aromatic N) is 4. The third kappa shape index (κ3) is 1.59. The Morgan fingerprint density at radius 3 is 2.89 bits per heavy atom. The lowest BCUT2D eigenvalue weighted by Gasteiger charge is -1.95. The Kier molecular flexibility index (Phi) is 2.23.